The fraction of sp³-hybridized carbons (Fsp3) is 0.529. The van der Waals surface area contributed by atoms with Crippen LogP contribution in [-0.2, 0) is 14.3 Å². The largest absolute Gasteiger partial charge is 0.378 e. The molecule has 2 heterocycles. The second-order valence-corrected chi connectivity index (χ2v) is 6.04. The minimum Gasteiger partial charge on any atom is -0.378 e. The van der Waals surface area contributed by atoms with Crippen LogP contribution in [0.15, 0.2) is 30.3 Å². The van der Waals surface area contributed by atoms with Crippen LogP contribution in [0.2, 0.25) is 0 Å². The standard InChI is InChI=1S/C17H23N3O3.ClH/c21-16(19-14-4-2-1-3-5-14)13-6-9-20(10-7-13)17(22)15-12-23-11-8-18-15;/h1-5,13,15,18H,6-12H2,(H,19,21);1H. The van der Waals surface area contributed by atoms with E-state index in [2.05, 4.69) is 10.6 Å². The average molecular weight is 354 g/mol. The van der Waals surface area contributed by atoms with Gasteiger partial charge in [0.2, 0.25) is 11.8 Å². The summed E-state index contributed by atoms with van der Waals surface area (Å²) in [7, 11) is 0. The number of carbonyl (C=O) groups is 2. The number of likely N-dealkylation sites (tertiary alicyclic amines) is 1. The van der Waals surface area contributed by atoms with Gasteiger partial charge in [-0.2, -0.15) is 0 Å². The third-order valence-electron chi connectivity index (χ3n) is 4.44. The molecule has 2 fully saturated rings. The second kappa shape index (κ2) is 9.01. The first kappa shape index (κ1) is 18.7. The number of anilines is 1. The fourth-order valence-electron chi connectivity index (χ4n) is 3.07. The van der Waals surface area contributed by atoms with E-state index in [-0.39, 0.29) is 36.2 Å². The molecule has 0 radical (unpaired) electrons. The third kappa shape index (κ3) is 4.69. The van der Waals surface area contributed by atoms with Crippen molar-refractivity contribution in [3.63, 3.8) is 0 Å². The molecule has 2 aliphatic heterocycles. The van der Waals surface area contributed by atoms with Crippen molar-refractivity contribution in [2.45, 2.75) is 18.9 Å². The molecule has 132 valence electrons. The molecule has 0 aliphatic carbocycles. The molecule has 0 saturated carbocycles. The Balaban J connectivity index is 0.00000208. The first-order valence-corrected chi connectivity index (χ1v) is 8.20. The molecule has 3 rings (SSSR count). The van der Waals surface area contributed by atoms with E-state index < -0.39 is 0 Å². The molecule has 2 saturated heterocycles. The van der Waals surface area contributed by atoms with Gasteiger partial charge in [-0.1, -0.05) is 18.2 Å². The van der Waals surface area contributed by atoms with E-state index in [4.69, 9.17) is 4.74 Å². The van der Waals surface area contributed by atoms with E-state index in [1.807, 2.05) is 35.2 Å². The van der Waals surface area contributed by atoms with Crippen LogP contribution in [0.25, 0.3) is 0 Å². The molecule has 2 aliphatic rings. The van der Waals surface area contributed by atoms with Crippen LogP contribution in [0.3, 0.4) is 0 Å². The number of rotatable bonds is 3. The number of nitrogens with one attached hydrogen (secondary N) is 2. The summed E-state index contributed by atoms with van der Waals surface area (Å²) in [5.74, 6) is 0.101. The lowest BCUT2D eigenvalue weighted by atomic mass is 9.95. The molecule has 1 aromatic carbocycles. The van der Waals surface area contributed by atoms with Gasteiger partial charge >= 0.3 is 0 Å². The summed E-state index contributed by atoms with van der Waals surface area (Å²) in [6.45, 7) is 3.07. The monoisotopic (exact) mass is 353 g/mol. The Kier molecular flexibility index (Phi) is 7.02. The van der Waals surface area contributed by atoms with Crippen LogP contribution in [-0.4, -0.2) is 55.6 Å². The van der Waals surface area contributed by atoms with Gasteiger partial charge in [0.25, 0.3) is 0 Å². The number of hydrogen-bond donors (Lipinski definition) is 2. The molecule has 1 atom stereocenters. The number of hydrogen-bond acceptors (Lipinski definition) is 4. The van der Waals surface area contributed by atoms with Crippen LogP contribution in [0, 0.1) is 5.92 Å². The van der Waals surface area contributed by atoms with E-state index in [1.165, 1.54) is 0 Å². The molecule has 2 N–H and O–H groups in total. The number of nitrogens with zero attached hydrogens (tertiary/aromatic N) is 1. The van der Waals surface area contributed by atoms with Gasteiger partial charge in [-0.15, -0.1) is 12.4 Å². The second-order valence-electron chi connectivity index (χ2n) is 6.04. The molecule has 6 nitrogen and oxygen atoms in total. The summed E-state index contributed by atoms with van der Waals surface area (Å²) in [4.78, 5) is 26.5. The average Bonchev–Trinajstić information content (AvgIpc) is 2.63. The molecule has 0 aromatic heterocycles. The van der Waals surface area contributed by atoms with Gasteiger partial charge in [0.1, 0.15) is 6.04 Å². The van der Waals surface area contributed by atoms with Crippen molar-refractivity contribution >= 4 is 29.9 Å². The van der Waals surface area contributed by atoms with Crippen molar-refractivity contribution in [2.24, 2.45) is 5.92 Å². The summed E-state index contributed by atoms with van der Waals surface area (Å²) in [6.07, 6.45) is 1.41. The number of benzene rings is 1. The highest BCUT2D eigenvalue weighted by atomic mass is 35.5. The molecule has 1 aromatic rings. The first-order chi connectivity index (χ1) is 11.2. The minimum atomic E-state index is -0.238. The first-order valence-electron chi connectivity index (χ1n) is 8.20. The quantitative estimate of drug-likeness (QED) is 0.858. The maximum Gasteiger partial charge on any atom is 0.242 e. The highest BCUT2D eigenvalue weighted by Gasteiger charge is 2.31. The summed E-state index contributed by atoms with van der Waals surface area (Å²) in [5, 5.41) is 6.13. The zero-order valence-electron chi connectivity index (χ0n) is 13.6. The van der Waals surface area contributed by atoms with Gasteiger partial charge in [0.05, 0.1) is 13.2 Å². The Labute approximate surface area is 148 Å². The SMILES string of the molecule is Cl.O=C(Nc1ccccc1)C1CCN(C(=O)C2COCCN2)CC1. The van der Waals surface area contributed by atoms with Gasteiger partial charge < -0.3 is 20.3 Å². The number of piperidine rings is 1. The van der Waals surface area contributed by atoms with E-state index in [0.29, 0.717) is 45.7 Å². The predicted octanol–water partition coefficient (Wildman–Crippen LogP) is 1.27. The Morgan fingerprint density at radius 3 is 2.50 bits per heavy atom. The Bertz CT molecular complexity index is 541. The summed E-state index contributed by atoms with van der Waals surface area (Å²) >= 11 is 0. The minimum absolute atomic E-state index is 0. The smallest absolute Gasteiger partial charge is 0.242 e. The molecule has 24 heavy (non-hydrogen) atoms. The van der Waals surface area contributed by atoms with Gasteiger partial charge in [-0.05, 0) is 25.0 Å². The van der Waals surface area contributed by atoms with E-state index in [0.717, 1.165) is 5.69 Å². The number of halogens is 1. The number of morpholine rings is 1. The summed E-state index contributed by atoms with van der Waals surface area (Å²) < 4.78 is 5.35. The van der Waals surface area contributed by atoms with Crippen LogP contribution >= 0.6 is 12.4 Å². The lowest BCUT2D eigenvalue weighted by Gasteiger charge is -2.34. The zero-order valence-corrected chi connectivity index (χ0v) is 14.4. The van der Waals surface area contributed by atoms with Crippen molar-refractivity contribution < 1.29 is 14.3 Å². The number of ether oxygens (including phenoxy) is 1. The van der Waals surface area contributed by atoms with Crippen molar-refractivity contribution in [1.82, 2.24) is 10.2 Å². The molecular weight excluding hydrogens is 330 g/mol. The van der Waals surface area contributed by atoms with Crippen LogP contribution < -0.4 is 10.6 Å². The van der Waals surface area contributed by atoms with Gasteiger partial charge in [-0.3, -0.25) is 9.59 Å². The Hall–Kier alpha value is -1.63. The molecule has 2 amide bonds. The highest BCUT2D eigenvalue weighted by molar-refractivity contribution is 5.92. The molecule has 0 bridgehead atoms. The molecule has 1 unspecified atom stereocenters. The van der Waals surface area contributed by atoms with Gasteiger partial charge in [-0.25, -0.2) is 0 Å². The lowest BCUT2D eigenvalue weighted by Crippen LogP contribution is -2.54. The lowest BCUT2D eigenvalue weighted by molar-refractivity contribution is -0.139. The van der Waals surface area contributed by atoms with Crippen LogP contribution in [0.4, 0.5) is 5.69 Å². The summed E-state index contributed by atoms with van der Waals surface area (Å²) in [6, 6.07) is 9.24. The number of amides is 2. The highest BCUT2D eigenvalue weighted by Crippen LogP contribution is 2.20. The molecule has 0 spiro atoms. The van der Waals surface area contributed by atoms with Crippen LogP contribution in [0.5, 0.6) is 0 Å². The maximum absolute atomic E-state index is 12.4. The zero-order chi connectivity index (χ0) is 16.1. The predicted molar refractivity (Wildman–Crippen MR) is 94.2 cm³/mol. The van der Waals surface area contributed by atoms with E-state index in [1.54, 1.807) is 0 Å². The van der Waals surface area contributed by atoms with E-state index >= 15 is 0 Å². The Morgan fingerprint density at radius 1 is 1.17 bits per heavy atom. The topological polar surface area (TPSA) is 70.7 Å². The summed E-state index contributed by atoms with van der Waals surface area (Å²) in [5.41, 5.74) is 0.819. The van der Waals surface area contributed by atoms with Crippen molar-refractivity contribution in [3.8, 4) is 0 Å². The van der Waals surface area contributed by atoms with Crippen molar-refractivity contribution in [2.75, 3.05) is 38.2 Å². The third-order valence-corrected chi connectivity index (χ3v) is 4.44. The number of carbonyl (C=O) groups excluding carboxylic acids is 2. The number of para-hydroxylation sites is 1. The van der Waals surface area contributed by atoms with Crippen molar-refractivity contribution in [3.05, 3.63) is 30.3 Å². The Morgan fingerprint density at radius 2 is 1.88 bits per heavy atom. The van der Waals surface area contributed by atoms with E-state index in [9.17, 15) is 9.59 Å². The van der Waals surface area contributed by atoms with Crippen molar-refractivity contribution in [1.29, 1.82) is 0 Å². The van der Waals surface area contributed by atoms with Crippen LogP contribution in [0.1, 0.15) is 12.8 Å². The maximum atomic E-state index is 12.4. The van der Waals surface area contributed by atoms with Gasteiger partial charge in [0, 0.05) is 31.2 Å². The van der Waals surface area contributed by atoms with Gasteiger partial charge in [0.15, 0.2) is 0 Å². The molecule has 7 heteroatoms. The molecular formula is C17H24ClN3O3. The normalized spacial score (nSPS) is 21.7. The fourth-order valence-corrected chi connectivity index (χ4v) is 3.07.